The van der Waals surface area contributed by atoms with E-state index >= 15 is 0 Å². The summed E-state index contributed by atoms with van der Waals surface area (Å²) in [5.41, 5.74) is 3.53. The Morgan fingerprint density at radius 1 is 0.705 bits per heavy atom. The van der Waals surface area contributed by atoms with Crippen LogP contribution in [0.4, 0.5) is 0 Å². The topological polar surface area (TPSA) is 111 Å². The summed E-state index contributed by atoms with van der Waals surface area (Å²) < 4.78 is 24.2. The summed E-state index contributed by atoms with van der Waals surface area (Å²) >= 11 is 0. The smallest absolute Gasteiger partial charge is 0.269 e. The lowest BCUT2D eigenvalue weighted by molar-refractivity contribution is -0.420. The lowest BCUT2D eigenvalue weighted by Gasteiger charge is -2.48. The average molecular weight is 592 g/mol. The van der Waals surface area contributed by atoms with E-state index in [0.717, 1.165) is 27.6 Å². The number of para-hydroxylation sites is 1. The number of aliphatic hydroxyl groups is 3. The minimum atomic E-state index is -2.62. The van der Waals surface area contributed by atoms with Crippen molar-refractivity contribution in [3.63, 3.8) is 0 Å². The molecule has 0 spiro atoms. The highest BCUT2D eigenvalue weighted by molar-refractivity contribution is 5.81. The number of pyridine rings is 1. The molecule has 2 heterocycles. The number of hydrogen-bond acceptors (Lipinski definition) is 8. The van der Waals surface area contributed by atoms with Crippen molar-refractivity contribution >= 4 is 16.7 Å². The van der Waals surface area contributed by atoms with E-state index in [2.05, 4.69) is 4.98 Å². The third-order valence-corrected chi connectivity index (χ3v) is 7.48. The number of fused-ring (bicyclic) bond motifs is 1. The fourth-order valence-electron chi connectivity index (χ4n) is 5.05. The Kier molecular flexibility index (Phi) is 8.81. The van der Waals surface area contributed by atoms with Crippen LogP contribution in [0.15, 0.2) is 134 Å². The lowest BCUT2D eigenvalue weighted by Crippen LogP contribution is -2.68. The van der Waals surface area contributed by atoms with Crippen LogP contribution in [0, 0.1) is 0 Å². The second-order valence-electron chi connectivity index (χ2n) is 10.6. The zero-order valence-corrected chi connectivity index (χ0v) is 23.9. The molecule has 224 valence electrons. The second-order valence-corrected chi connectivity index (χ2v) is 10.6. The van der Waals surface area contributed by atoms with Crippen LogP contribution in [-0.2, 0) is 38.8 Å². The number of benzene rings is 4. The predicted octanol–water partition coefficient (Wildman–Crippen LogP) is 5.32. The molecule has 1 aromatic heterocycles. The van der Waals surface area contributed by atoms with Gasteiger partial charge >= 0.3 is 0 Å². The van der Waals surface area contributed by atoms with Crippen molar-refractivity contribution < 1.29 is 34.3 Å². The van der Waals surface area contributed by atoms with Crippen molar-refractivity contribution in [2.24, 2.45) is 0 Å². The molecule has 0 saturated heterocycles. The molecule has 8 heteroatoms. The molecular formula is C36H33NO7. The highest BCUT2D eigenvalue weighted by Gasteiger charge is 2.63. The van der Waals surface area contributed by atoms with Crippen LogP contribution in [-0.4, -0.2) is 44.3 Å². The summed E-state index contributed by atoms with van der Waals surface area (Å²) in [4.78, 5) is 4.53. The van der Waals surface area contributed by atoms with Crippen molar-refractivity contribution in [2.75, 3.05) is 0 Å². The van der Waals surface area contributed by atoms with Crippen LogP contribution in [0.5, 0.6) is 0 Å². The monoisotopic (exact) mass is 591 g/mol. The molecule has 0 saturated carbocycles. The molecule has 1 aliphatic rings. The van der Waals surface area contributed by atoms with Crippen LogP contribution in [0.25, 0.3) is 16.7 Å². The van der Waals surface area contributed by atoms with Gasteiger partial charge < -0.3 is 34.3 Å². The summed E-state index contributed by atoms with van der Waals surface area (Å²) in [5.74, 6) is -5.00. The summed E-state index contributed by atoms with van der Waals surface area (Å²) in [6.45, 7) is -0.196. The zero-order chi connectivity index (χ0) is 30.4. The minimum absolute atomic E-state index is 0.0104. The van der Waals surface area contributed by atoms with E-state index in [0.29, 0.717) is 5.56 Å². The highest BCUT2D eigenvalue weighted by atomic mass is 16.7. The van der Waals surface area contributed by atoms with E-state index in [1.54, 1.807) is 6.20 Å². The van der Waals surface area contributed by atoms with Gasteiger partial charge in [0.15, 0.2) is 6.29 Å². The molecule has 1 unspecified atom stereocenters. The first-order valence-electron chi connectivity index (χ1n) is 14.3. The molecule has 6 rings (SSSR count). The Hall–Kier alpha value is -4.41. The summed E-state index contributed by atoms with van der Waals surface area (Å²) in [5, 5.41) is 36.8. The molecule has 5 aromatic rings. The molecule has 44 heavy (non-hydrogen) atoms. The van der Waals surface area contributed by atoms with Crippen LogP contribution >= 0.6 is 0 Å². The maximum Gasteiger partial charge on any atom is 0.269 e. The molecule has 8 nitrogen and oxygen atoms in total. The first-order valence-corrected chi connectivity index (χ1v) is 14.3. The molecule has 0 bridgehead atoms. The zero-order valence-electron chi connectivity index (χ0n) is 23.9. The summed E-state index contributed by atoms with van der Waals surface area (Å²) in [6.07, 6.45) is -0.551. The average Bonchev–Trinajstić information content (AvgIpc) is 3.08. The summed E-state index contributed by atoms with van der Waals surface area (Å²) in [7, 11) is 0. The Morgan fingerprint density at radius 3 is 1.89 bits per heavy atom. The van der Waals surface area contributed by atoms with Crippen molar-refractivity contribution in [3.05, 3.63) is 156 Å². The van der Waals surface area contributed by atoms with E-state index < -0.39 is 24.0 Å². The Bertz CT molecular complexity index is 1700. The van der Waals surface area contributed by atoms with Crippen molar-refractivity contribution in [2.45, 2.75) is 43.8 Å². The van der Waals surface area contributed by atoms with Crippen LogP contribution in [0.3, 0.4) is 0 Å². The first kappa shape index (κ1) is 29.7. The lowest BCUT2D eigenvalue weighted by atomic mass is 9.92. The quantitative estimate of drug-likeness (QED) is 0.177. The van der Waals surface area contributed by atoms with Gasteiger partial charge in [-0.3, -0.25) is 4.98 Å². The van der Waals surface area contributed by atoms with Gasteiger partial charge in [0.25, 0.3) is 5.79 Å². The number of rotatable bonds is 11. The largest absolute Gasteiger partial charge is 0.479 e. The first-order chi connectivity index (χ1) is 21.4. The van der Waals surface area contributed by atoms with E-state index in [4.69, 9.17) is 18.9 Å². The van der Waals surface area contributed by atoms with Crippen LogP contribution in [0.1, 0.15) is 22.3 Å². The van der Waals surface area contributed by atoms with Gasteiger partial charge in [0.2, 0.25) is 11.9 Å². The summed E-state index contributed by atoms with van der Waals surface area (Å²) in [6, 6.07) is 37.1. The maximum absolute atomic E-state index is 12.3. The molecule has 0 radical (unpaired) electrons. The van der Waals surface area contributed by atoms with E-state index in [-0.39, 0.29) is 25.6 Å². The van der Waals surface area contributed by atoms with Crippen molar-refractivity contribution in [1.82, 2.24) is 4.98 Å². The van der Waals surface area contributed by atoms with Gasteiger partial charge in [0.1, 0.15) is 5.76 Å². The molecule has 0 aliphatic carbocycles. The number of aliphatic hydroxyl groups excluding tert-OH is 1. The number of aromatic nitrogens is 1. The van der Waals surface area contributed by atoms with E-state index in [9.17, 15) is 15.3 Å². The van der Waals surface area contributed by atoms with Crippen LogP contribution < -0.4 is 0 Å². The fraction of sp³-hybridized carbons (Fsp3) is 0.194. The Labute approximate surface area is 255 Å². The van der Waals surface area contributed by atoms with Crippen LogP contribution in [0.2, 0.25) is 0 Å². The number of ether oxygens (including phenoxy) is 4. The number of nitrogens with zero attached hydrogens (tertiary/aromatic N) is 1. The fourth-order valence-corrected chi connectivity index (χ4v) is 5.05. The van der Waals surface area contributed by atoms with Gasteiger partial charge in [-0.1, -0.05) is 109 Å². The third-order valence-electron chi connectivity index (χ3n) is 7.48. The minimum Gasteiger partial charge on any atom is -0.479 e. The molecule has 4 atom stereocenters. The van der Waals surface area contributed by atoms with Gasteiger partial charge in [-0.05, 0) is 28.8 Å². The molecule has 3 N–H and O–H groups in total. The standard InChI is InChI=1S/C36H33NO7/c38-34(41-23-26-12-4-1-5-13-26)33-36(40,43-25-28-16-8-3-9-17-28)35(39,42-24-27-14-6-2-7-15-27)21-32(44-33)30-20-29-18-10-11-19-31(29)37-22-30/h1-22,33-34,38-40H,23-25H2/t33-,34?,35+,36+/m1/s1. The molecule has 0 fully saturated rings. The van der Waals surface area contributed by atoms with E-state index in [1.807, 2.05) is 121 Å². The SMILES string of the molecule is OC(OCc1ccccc1)[C@H]1OC(c2cnc3ccccc3c2)=C[C@](O)(OCc2ccccc2)[C@@]1(O)OCc1ccccc1. The molecular weight excluding hydrogens is 558 g/mol. The Balaban J connectivity index is 1.40. The molecule has 0 amide bonds. The molecule has 1 aliphatic heterocycles. The normalized spacial score (nSPS) is 22.2. The number of hydrogen-bond donors (Lipinski definition) is 3. The maximum atomic E-state index is 12.3. The predicted molar refractivity (Wildman–Crippen MR) is 164 cm³/mol. The van der Waals surface area contributed by atoms with Crippen molar-refractivity contribution in [1.29, 1.82) is 0 Å². The van der Waals surface area contributed by atoms with E-state index in [1.165, 1.54) is 6.08 Å². The molecule has 4 aromatic carbocycles. The van der Waals surface area contributed by atoms with Gasteiger partial charge in [-0.2, -0.15) is 0 Å². The van der Waals surface area contributed by atoms with Gasteiger partial charge in [0, 0.05) is 23.2 Å². The third kappa shape index (κ3) is 6.41. The highest BCUT2D eigenvalue weighted by Crippen LogP contribution is 2.43. The van der Waals surface area contributed by atoms with Crippen molar-refractivity contribution in [3.8, 4) is 0 Å². The van der Waals surface area contributed by atoms with Gasteiger partial charge in [-0.25, -0.2) is 0 Å². The Morgan fingerprint density at radius 2 is 1.25 bits per heavy atom. The van der Waals surface area contributed by atoms with Gasteiger partial charge in [-0.15, -0.1) is 0 Å². The van der Waals surface area contributed by atoms with Gasteiger partial charge in [0.05, 0.1) is 25.3 Å². The second kappa shape index (κ2) is 13.1.